The monoisotopic (exact) mass is 306 g/mol. The van der Waals surface area contributed by atoms with Crippen LogP contribution in [0.3, 0.4) is 0 Å². The van der Waals surface area contributed by atoms with Crippen molar-refractivity contribution in [3.8, 4) is 5.75 Å². The van der Waals surface area contributed by atoms with Gasteiger partial charge in [0, 0.05) is 25.7 Å². The second-order valence-electron chi connectivity index (χ2n) is 6.09. The Labute approximate surface area is 132 Å². The number of amides is 1. The van der Waals surface area contributed by atoms with Crippen LogP contribution in [0.25, 0.3) is 0 Å². The maximum absolute atomic E-state index is 12.4. The highest BCUT2D eigenvalue weighted by molar-refractivity contribution is 5.78. The van der Waals surface area contributed by atoms with E-state index in [1.165, 1.54) is 0 Å². The van der Waals surface area contributed by atoms with Crippen molar-refractivity contribution in [1.82, 2.24) is 9.80 Å². The molecule has 1 fully saturated rings. The average molecular weight is 306 g/mol. The number of methoxy groups -OCH3 is 1. The van der Waals surface area contributed by atoms with E-state index in [1.807, 2.05) is 38.2 Å². The molecule has 1 heterocycles. The Morgan fingerprint density at radius 1 is 1.50 bits per heavy atom. The SMILES string of the molecule is COc1ccccc1CN(C)C(=O)CN1CCC(C(C)O)C1. The summed E-state index contributed by atoms with van der Waals surface area (Å²) in [4.78, 5) is 16.2. The molecule has 2 atom stereocenters. The Morgan fingerprint density at radius 2 is 2.23 bits per heavy atom. The fourth-order valence-corrected chi connectivity index (χ4v) is 2.89. The molecular weight excluding hydrogens is 280 g/mol. The molecule has 0 spiro atoms. The molecule has 2 unspecified atom stereocenters. The zero-order valence-electron chi connectivity index (χ0n) is 13.7. The predicted octanol–water partition coefficient (Wildman–Crippen LogP) is 1.36. The first-order valence-corrected chi connectivity index (χ1v) is 7.77. The summed E-state index contributed by atoms with van der Waals surface area (Å²) in [7, 11) is 3.46. The smallest absolute Gasteiger partial charge is 0.236 e. The van der Waals surface area contributed by atoms with E-state index in [1.54, 1.807) is 12.0 Å². The molecule has 1 aliphatic heterocycles. The molecule has 0 aromatic heterocycles. The highest BCUT2D eigenvalue weighted by Crippen LogP contribution is 2.21. The number of likely N-dealkylation sites (N-methyl/N-ethyl adjacent to an activating group) is 1. The lowest BCUT2D eigenvalue weighted by Gasteiger charge is -2.22. The maximum atomic E-state index is 12.4. The molecule has 1 aromatic carbocycles. The molecule has 0 saturated carbocycles. The third-order valence-electron chi connectivity index (χ3n) is 4.38. The van der Waals surface area contributed by atoms with Gasteiger partial charge in [-0.2, -0.15) is 0 Å². The number of ether oxygens (including phenoxy) is 1. The van der Waals surface area contributed by atoms with Gasteiger partial charge in [-0.05, 0) is 31.9 Å². The van der Waals surface area contributed by atoms with Gasteiger partial charge < -0.3 is 14.7 Å². The van der Waals surface area contributed by atoms with Crippen molar-refractivity contribution >= 4 is 5.91 Å². The van der Waals surface area contributed by atoms with E-state index in [-0.39, 0.29) is 17.9 Å². The van der Waals surface area contributed by atoms with Crippen LogP contribution in [-0.4, -0.2) is 60.7 Å². The van der Waals surface area contributed by atoms with Crippen molar-refractivity contribution in [2.75, 3.05) is 33.8 Å². The van der Waals surface area contributed by atoms with Gasteiger partial charge in [0.15, 0.2) is 0 Å². The largest absolute Gasteiger partial charge is 0.496 e. The van der Waals surface area contributed by atoms with Gasteiger partial charge in [-0.25, -0.2) is 0 Å². The molecule has 1 aromatic rings. The number of aliphatic hydroxyl groups is 1. The number of rotatable bonds is 6. The third kappa shape index (κ3) is 4.21. The van der Waals surface area contributed by atoms with Crippen molar-refractivity contribution in [3.63, 3.8) is 0 Å². The Morgan fingerprint density at radius 3 is 2.86 bits per heavy atom. The number of carbonyl (C=O) groups is 1. The summed E-state index contributed by atoms with van der Waals surface area (Å²) >= 11 is 0. The second-order valence-corrected chi connectivity index (χ2v) is 6.09. The molecule has 1 N–H and O–H groups in total. The zero-order chi connectivity index (χ0) is 16.1. The molecule has 5 nitrogen and oxygen atoms in total. The Hall–Kier alpha value is -1.59. The lowest BCUT2D eigenvalue weighted by atomic mass is 10.0. The highest BCUT2D eigenvalue weighted by Gasteiger charge is 2.27. The van der Waals surface area contributed by atoms with E-state index in [0.29, 0.717) is 13.1 Å². The van der Waals surface area contributed by atoms with Crippen molar-refractivity contribution < 1.29 is 14.6 Å². The first-order valence-electron chi connectivity index (χ1n) is 7.77. The number of benzene rings is 1. The number of hydrogen-bond acceptors (Lipinski definition) is 4. The lowest BCUT2D eigenvalue weighted by Crippen LogP contribution is -2.37. The lowest BCUT2D eigenvalue weighted by molar-refractivity contribution is -0.131. The van der Waals surface area contributed by atoms with Crippen molar-refractivity contribution in [3.05, 3.63) is 29.8 Å². The summed E-state index contributed by atoms with van der Waals surface area (Å²) in [5.74, 6) is 1.18. The first kappa shape index (κ1) is 16.8. The molecule has 0 aliphatic carbocycles. The van der Waals surface area contributed by atoms with E-state index in [2.05, 4.69) is 4.90 Å². The van der Waals surface area contributed by atoms with Crippen molar-refractivity contribution in [2.24, 2.45) is 5.92 Å². The molecule has 5 heteroatoms. The summed E-state index contributed by atoms with van der Waals surface area (Å²) in [5.41, 5.74) is 1.00. The van der Waals surface area contributed by atoms with E-state index in [0.717, 1.165) is 30.8 Å². The summed E-state index contributed by atoms with van der Waals surface area (Å²) in [6.45, 7) is 4.45. The number of carbonyl (C=O) groups excluding carboxylic acids is 1. The van der Waals surface area contributed by atoms with Gasteiger partial charge >= 0.3 is 0 Å². The average Bonchev–Trinajstić information content (AvgIpc) is 2.96. The van der Waals surface area contributed by atoms with Gasteiger partial charge in [-0.15, -0.1) is 0 Å². The number of para-hydroxylation sites is 1. The molecule has 1 aliphatic rings. The Balaban J connectivity index is 1.87. The minimum atomic E-state index is -0.300. The molecule has 1 amide bonds. The quantitative estimate of drug-likeness (QED) is 0.862. The van der Waals surface area contributed by atoms with E-state index < -0.39 is 0 Å². The van der Waals surface area contributed by atoms with Gasteiger partial charge in [0.25, 0.3) is 0 Å². The standard InChI is InChI=1S/C17H26N2O3/c1-13(20)14-8-9-19(11-14)12-17(21)18(2)10-15-6-4-5-7-16(15)22-3/h4-7,13-14,20H,8-12H2,1-3H3. The van der Waals surface area contributed by atoms with Gasteiger partial charge in [-0.3, -0.25) is 9.69 Å². The maximum Gasteiger partial charge on any atom is 0.236 e. The van der Waals surface area contributed by atoms with Crippen LogP contribution in [0.2, 0.25) is 0 Å². The molecule has 0 bridgehead atoms. The fraction of sp³-hybridized carbons (Fsp3) is 0.588. The van der Waals surface area contributed by atoms with Crippen LogP contribution in [0, 0.1) is 5.92 Å². The summed E-state index contributed by atoms with van der Waals surface area (Å²) in [5, 5.41) is 9.63. The minimum Gasteiger partial charge on any atom is -0.496 e. The normalized spacial score (nSPS) is 19.9. The summed E-state index contributed by atoms with van der Waals surface area (Å²) in [6, 6.07) is 7.75. The topological polar surface area (TPSA) is 53.0 Å². The van der Waals surface area contributed by atoms with Crippen LogP contribution in [0.5, 0.6) is 5.75 Å². The number of nitrogens with zero attached hydrogens (tertiary/aromatic N) is 2. The third-order valence-corrected chi connectivity index (χ3v) is 4.38. The van der Waals surface area contributed by atoms with Crippen LogP contribution in [0.1, 0.15) is 18.9 Å². The fourth-order valence-electron chi connectivity index (χ4n) is 2.89. The van der Waals surface area contributed by atoms with Crippen LogP contribution >= 0.6 is 0 Å². The molecule has 1 saturated heterocycles. The Kier molecular flexibility index (Phi) is 5.80. The second kappa shape index (κ2) is 7.61. The van der Waals surface area contributed by atoms with Gasteiger partial charge in [0.1, 0.15) is 5.75 Å². The highest BCUT2D eigenvalue weighted by atomic mass is 16.5. The molecule has 0 radical (unpaired) electrons. The zero-order valence-corrected chi connectivity index (χ0v) is 13.7. The summed E-state index contributed by atoms with van der Waals surface area (Å²) < 4.78 is 5.32. The van der Waals surface area contributed by atoms with Crippen LogP contribution in [0.4, 0.5) is 0 Å². The summed E-state index contributed by atoms with van der Waals surface area (Å²) in [6.07, 6.45) is 0.660. The van der Waals surface area contributed by atoms with E-state index in [9.17, 15) is 9.90 Å². The Bertz CT molecular complexity index is 504. The number of hydrogen-bond donors (Lipinski definition) is 1. The van der Waals surface area contributed by atoms with Crippen molar-refractivity contribution in [2.45, 2.75) is 26.0 Å². The van der Waals surface area contributed by atoms with E-state index in [4.69, 9.17) is 4.74 Å². The van der Waals surface area contributed by atoms with Gasteiger partial charge in [0.2, 0.25) is 5.91 Å². The van der Waals surface area contributed by atoms with Gasteiger partial charge in [-0.1, -0.05) is 18.2 Å². The minimum absolute atomic E-state index is 0.0946. The van der Waals surface area contributed by atoms with E-state index >= 15 is 0 Å². The predicted molar refractivity (Wildman–Crippen MR) is 85.7 cm³/mol. The molecule has 22 heavy (non-hydrogen) atoms. The van der Waals surface area contributed by atoms with Crippen molar-refractivity contribution in [1.29, 1.82) is 0 Å². The van der Waals surface area contributed by atoms with Crippen LogP contribution in [0.15, 0.2) is 24.3 Å². The molecule has 122 valence electrons. The van der Waals surface area contributed by atoms with Crippen LogP contribution < -0.4 is 4.74 Å². The van der Waals surface area contributed by atoms with Crippen LogP contribution in [-0.2, 0) is 11.3 Å². The number of aliphatic hydroxyl groups excluding tert-OH is 1. The first-order chi connectivity index (χ1) is 10.5. The molecular formula is C17H26N2O3. The van der Waals surface area contributed by atoms with Gasteiger partial charge in [0.05, 0.1) is 19.8 Å². The molecule has 2 rings (SSSR count). The number of likely N-dealkylation sites (tertiary alicyclic amines) is 1.